The molecule has 1 saturated heterocycles. The molecule has 1 aliphatic rings. The zero-order chi connectivity index (χ0) is 11.8. The molecule has 4 heteroatoms. The first kappa shape index (κ1) is 13.9. The SMILES string of the molecule is CC(C)N(CCCO)CCN1CCOCC1. The van der Waals surface area contributed by atoms with Gasteiger partial charge in [0.05, 0.1) is 13.2 Å². The van der Waals surface area contributed by atoms with Gasteiger partial charge in [0.25, 0.3) is 0 Å². The van der Waals surface area contributed by atoms with Crippen LogP contribution in [0.1, 0.15) is 20.3 Å². The molecule has 0 bridgehead atoms. The highest BCUT2D eigenvalue weighted by molar-refractivity contribution is 4.68. The zero-order valence-electron chi connectivity index (χ0n) is 10.7. The fraction of sp³-hybridized carbons (Fsp3) is 1.00. The van der Waals surface area contributed by atoms with E-state index in [0.29, 0.717) is 12.6 Å². The third kappa shape index (κ3) is 5.25. The van der Waals surface area contributed by atoms with E-state index >= 15 is 0 Å². The van der Waals surface area contributed by atoms with Gasteiger partial charge in [-0.1, -0.05) is 0 Å². The number of aliphatic hydroxyl groups is 1. The fourth-order valence-corrected chi connectivity index (χ4v) is 2.00. The van der Waals surface area contributed by atoms with Gasteiger partial charge in [-0.05, 0) is 20.3 Å². The van der Waals surface area contributed by atoms with Crippen molar-refractivity contribution in [3.8, 4) is 0 Å². The van der Waals surface area contributed by atoms with Crippen LogP contribution in [0.25, 0.3) is 0 Å². The second-order valence-electron chi connectivity index (χ2n) is 4.66. The van der Waals surface area contributed by atoms with Crippen LogP contribution in [0.3, 0.4) is 0 Å². The third-order valence-electron chi connectivity index (χ3n) is 3.14. The highest BCUT2D eigenvalue weighted by Gasteiger charge is 2.13. The Bertz CT molecular complexity index is 170. The first-order valence-electron chi connectivity index (χ1n) is 6.39. The summed E-state index contributed by atoms with van der Waals surface area (Å²) in [6.07, 6.45) is 0.876. The molecular weight excluding hydrogens is 204 g/mol. The standard InChI is InChI=1S/C12H26N2O2/c1-12(2)14(4-3-9-15)6-5-13-7-10-16-11-8-13/h12,15H,3-11H2,1-2H3. The fourth-order valence-electron chi connectivity index (χ4n) is 2.00. The summed E-state index contributed by atoms with van der Waals surface area (Å²) in [6.45, 7) is 11.8. The van der Waals surface area contributed by atoms with E-state index in [1.165, 1.54) is 0 Å². The lowest BCUT2D eigenvalue weighted by molar-refractivity contribution is 0.0313. The van der Waals surface area contributed by atoms with Crippen LogP contribution in [0.4, 0.5) is 0 Å². The number of morpholine rings is 1. The normalized spacial score (nSPS) is 18.6. The summed E-state index contributed by atoms with van der Waals surface area (Å²) in [7, 11) is 0. The maximum Gasteiger partial charge on any atom is 0.0594 e. The van der Waals surface area contributed by atoms with Crippen LogP contribution in [0, 0.1) is 0 Å². The summed E-state index contributed by atoms with van der Waals surface area (Å²) in [5.41, 5.74) is 0. The maximum absolute atomic E-state index is 8.86. The van der Waals surface area contributed by atoms with Gasteiger partial charge in [0, 0.05) is 45.4 Å². The molecule has 0 aromatic carbocycles. The highest BCUT2D eigenvalue weighted by atomic mass is 16.5. The van der Waals surface area contributed by atoms with E-state index in [4.69, 9.17) is 9.84 Å². The van der Waals surface area contributed by atoms with Gasteiger partial charge in [0.15, 0.2) is 0 Å². The Balaban J connectivity index is 2.19. The summed E-state index contributed by atoms with van der Waals surface area (Å²) in [4.78, 5) is 4.89. The Kier molecular flexibility index (Phi) is 6.96. The molecule has 1 rings (SSSR count). The molecule has 1 aliphatic heterocycles. The van der Waals surface area contributed by atoms with E-state index in [0.717, 1.165) is 52.4 Å². The summed E-state index contributed by atoms with van der Waals surface area (Å²) < 4.78 is 5.33. The van der Waals surface area contributed by atoms with E-state index in [-0.39, 0.29) is 0 Å². The second-order valence-corrected chi connectivity index (χ2v) is 4.66. The van der Waals surface area contributed by atoms with Crippen LogP contribution >= 0.6 is 0 Å². The van der Waals surface area contributed by atoms with Crippen LogP contribution in [-0.2, 0) is 4.74 Å². The minimum atomic E-state index is 0.292. The average Bonchev–Trinajstić information content (AvgIpc) is 2.30. The lowest BCUT2D eigenvalue weighted by Crippen LogP contribution is -2.43. The molecule has 4 nitrogen and oxygen atoms in total. The van der Waals surface area contributed by atoms with Gasteiger partial charge in [-0.2, -0.15) is 0 Å². The Labute approximate surface area is 99.2 Å². The van der Waals surface area contributed by atoms with Gasteiger partial charge in [0.2, 0.25) is 0 Å². The molecule has 1 fully saturated rings. The average molecular weight is 230 g/mol. The maximum atomic E-state index is 8.86. The van der Waals surface area contributed by atoms with Gasteiger partial charge >= 0.3 is 0 Å². The number of hydrogen-bond donors (Lipinski definition) is 1. The molecule has 0 radical (unpaired) electrons. The number of ether oxygens (including phenoxy) is 1. The minimum absolute atomic E-state index is 0.292. The summed E-state index contributed by atoms with van der Waals surface area (Å²) in [5.74, 6) is 0. The van der Waals surface area contributed by atoms with Crippen molar-refractivity contribution >= 4 is 0 Å². The molecule has 96 valence electrons. The van der Waals surface area contributed by atoms with Crippen LogP contribution in [-0.4, -0.2) is 73.5 Å². The van der Waals surface area contributed by atoms with Gasteiger partial charge in [-0.3, -0.25) is 9.80 Å². The van der Waals surface area contributed by atoms with Gasteiger partial charge in [-0.15, -0.1) is 0 Å². The first-order valence-corrected chi connectivity index (χ1v) is 6.39. The molecule has 0 aromatic heterocycles. The quantitative estimate of drug-likeness (QED) is 0.687. The number of nitrogens with zero attached hydrogens (tertiary/aromatic N) is 2. The van der Waals surface area contributed by atoms with Crippen molar-refractivity contribution in [2.45, 2.75) is 26.3 Å². The Morgan fingerprint density at radius 3 is 2.50 bits per heavy atom. The van der Waals surface area contributed by atoms with Crippen LogP contribution in [0.5, 0.6) is 0 Å². The molecule has 0 unspecified atom stereocenters. The van der Waals surface area contributed by atoms with E-state index in [2.05, 4.69) is 23.6 Å². The first-order chi connectivity index (χ1) is 7.74. The molecule has 0 atom stereocenters. The lowest BCUT2D eigenvalue weighted by atomic mass is 10.2. The van der Waals surface area contributed by atoms with Crippen molar-refractivity contribution in [2.75, 3.05) is 52.5 Å². The van der Waals surface area contributed by atoms with Crippen LogP contribution in [0.15, 0.2) is 0 Å². The zero-order valence-corrected chi connectivity index (χ0v) is 10.7. The number of rotatable bonds is 7. The Hall–Kier alpha value is -0.160. The molecule has 16 heavy (non-hydrogen) atoms. The van der Waals surface area contributed by atoms with Crippen molar-refractivity contribution in [1.29, 1.82) is 0 Å². The van der Waals surface area contributed by atoms with E-state index in [1.54, 1.807) is 0 Å². The summed E-state index contributed by atoms with van der Waals surface area (Å²) >= 11 is 0. The Morgan fingerprint density at radius 2 is 1.94 bits per heavy atom. The van der Waals surface area contributed by atoms with Gasteiger partial charge in [0.1, 0.15) is 0 Å². The molecule has 0 aromatic rings. The smallest absolute Gasteiger partial charge is 0.0594 e. The Morgan fingerprint density at radius 1 is 1.25 bits per heavy atom. The molecule has 0 spiro atoms. The minimum Gasteiger partial charge on any atom is -0.396 e. The summed E-state index contributed by atoms with van der Waals surface area (Å²) in [5, 5.41) is 8.86. The second kappa shape index (κ2) is 8.01. The molecule has 1 N–H and O–H groups in total. The molecule has 0 amide bonds. The molecule has 0 aliphatic carbocycles. The van der Waals surface area contributed by atoms with Crippen molar-refractivity contribution in [2.24, 2.45) is 0 Å². The van der Waals surface area contributed by atoms with Crippen LogP contribution < -0.4 is 0 Å². The number of aliphatic hydroxyl groups excluding tert-OH is 1. The molecule has 1 heterocycles. The predicted octanol–water partition coefficient (Wildman–Crippen LogP) is 0.411. The lowest BCUT2D eigenvalue weighted by Gasteiger charge is -2.31. The topological polar surface area (TPSA) is 35.9 Å². The van der Waals surface area contributed by atoms with Crippen molar-refractivity contribution in [3.05, 3.63) is 0 Å². The van der Waals surface area contributed by atoms with Crippen molar-refractivity contribution in [3.63, 3.8) is 0 Å². The van der Waals surface area contributed by atoms with E-state index in [9.17, 15) is 0 Å². The number of hydrogen-bond acceptors (Lipinski definition) is 4. The molecule has 0 saturated carbocycles. The molecular formula is C12H26N2O2. The van der Waals surface area contributed by atoms with E-state index < -0.39 is 0 Å². The highest BCUT2D eigenvalue weighted by Crippen LogP contribution is 2.02. The van der Waals surface area contributed by atoms with Gasteiger partial charge in [-0.25, -0.2) is 0 Å². The predicted molar refractivity (Wildman–Crippen MR) is 65.7 cm³/mol. The van der Waals surface area contributed by atoms with Crippen LogP contribution in [0.2, 0.25) is 0 Å². The third-order valence-corrected chi connectivity index (χ3v) is 3.14. The summed E-state index contributed by atoms with van der Waals surface area (Å²) in [6, 6.07) is 0.563. The van der Waals surface area contributed by atoms with Crippen molar-refractivity contribution < 1.29 is 9.84 Å². The largest absolute Gasteiger partial charge is 0.396 e. The van der Waals surface area contributed by atoms with Crippen molar-refractivity contribution in [1.82, 2.24) is 9.80 Å². The monoisotopic (exact) mass is 230 g/mol. The van der Waals surface area contributed by atoms with E-state index in [1.807, 2.05) is 0 Å². The van der Waals surface area contributed by atoms with Gasteiger partial charge < -0.3 is 9.84 Å².